The number of ether oxygens (including phenoxy) is 1. The minimum absolute atomic E-state index is 0.121. The first kappa shape index (κ1) is 17.9. The summed E-state index contributed by atoms with van der Waals surface area (Å²) in [5.41, 5.74) is 0.796. The number of halogens is 2. The highest BCUT2D eigenvalue weighted by atomic mass is 35.5. The number of benzene rings is 1. The van der Waals surface area contributed by atoms with Gasteiger partial charge in [0.1, 0.15) is 22.4 Å². The molecule has 0 aliphatic carbocycles. The van der Waals surface area contributed by atoms with Crippen LogP contribution in [-0.2, 0) is 4.79 Å². The van der Waals surface area contributed by atoms with Gasteiger partial charge < -0.3 is 14.5 Å². The molecule has 0 radical (unpaired) electrons. The maximum absolute atomic E-state index is 14.0. The zero-order chi connectivity index (χ0) is 20.5. The smallest absolute Gasteiger partial charge is 0.260 e. The number of fused-ring (bicyclic) bond motifs is 5. The lowest BCUT2D eigenvalue weighted by Gasteiger charge is -2.35. The molecular formula is C20H18ClFN6O2. The molecule has 154 valence electrons. The average Bonchev–Trinajstić information content (AvgIpc) is 3.45. The van der Waals surface area contributed by atoms with Gasteiger partial charge in [-0.25, -0.2) is 14.1 Å². The summed E-state index contributed by atoms with van der Waals surface area (Å²) < 4.78 is 21.3. The minimum Gasteiger partial charge on any atom is -0.481 e. The van der Waals surface area contributed by atoms with E-state index in [0.717, 1.165) is 25.8 Å². The molecule has 0 saturated carbocycles. The molecule has 10 heteroatoms. The van der Waals surface area contributed by atoms with E-state index >= 15 is 0 Å². The van der Waals surface area contributed by atoms with Gasteiger partial charge in [0.05, 0.1) is 17.1 Å². The molecule has 0 N–H and O–H groups in total. The van der Waals surface area contributed by atoms with E-state index in [1.807, 2.05) is 4.90 Å². The van der Waals surface area contributed by atoms with Crippen molar-refractivity contribution in [1.82, 2.24) is 24.6 Å². The number of aromatic nitrogens is 4. The van der Waals surface area contributed by atoms with E-state index in [4.69, 9.17) is 21.3 Å². The van der Waals surface area contributed by atoms with Crippen LogP contribution in [0.2, 0.25) is 5.15 Å². The maximum Gasteiger partial charge on any atom is 0.260 e. The number of carbonyl (C=O) groups is 1. The van der Waals surface area contributed by atoms with Gasteiger partial charge in [0.25, 0.3) is 5.91 Å². The van der Waals surface area contributed by atoms with E-state index in [1.54, 1.807) is 16.9 Å². The zero-order valence-corrected chi connectivity index (χ0v) is 16.8. The zero-order valence-electron chi connectivity index (χ0n) is 16.0. The van der Waals surface area contributed by atoms with Crippen LogP contribution in [0.1, 0.15) is 19.3 Å². The Labute approximate surface area is 176 Å². The molecule has 2 fully saturated rings. The lowest BCUT2D eigenvalue weighted by molar-refractivity contribution is -0.132. The second-order valence-electron chi connectivity index (χ2n) is 8.05. The normalized spacial score (nSPS) is 23.1. The molecule has 5 heterocycles. The summed E-state index contributed by atoms with van der Waals surface area (Å²) in [6.07, 6.45) is 4.38. The standard InChI is InChI=1S/C20H18ClFN6O2/c21-17-13-9-23-28-14-3-2-12(22)8-15(14)30-10-16(29)26-7-5-20(11-26)4-1-6-27(20)19(24-17)25-18(13)28/h2-3,8-9H,1,4-7,10-11H2. The Bertz CT molecular complexity index is 1200. The fraction of sp³-hybridized carbons (Fsp3) is 0.400. The van der Waals surface area contributed by atoms with Crippen LogP contribution in [-0.4, -0.2) is 62.3 Å². The summed E-state index contributed by atoms with van der Waals surface area (Å²) in [4.78, 5) is 26.2. The van der Waals surface area contributed by atoms with E-state index in [-0.39, 0.29) is 23.8 Å². The van der Waals surface area contributed by atoms with Gasteiger partial charge in [0.2, 0.25) is 5.95 Å². The van der Waals surface area contributed by atoms with Crippen molar-refractivity contribution in [3.8, 4) is 11.4 Å². The maximum atomic E-state index is 14.0. The fourth-order valence-corrected chi connectivity index (χ4v) is 5.12. The van der Waals surface area contributed by atoms with Crippen LogP contribution in [0.3, 0.4) is 0 Å². The van der Waals surface area contributed by atoms with Crippen molar-refractivity contribution >= 4 is 34.5 Å². The molecule has 1 unspecified atom stereocenters. The van der Waals surface area contributed by atoms with Gasteiger partial charge >= 0.3 is 0 Å². The second kappa shape index (κ2) is 6.28. The van der Waals surface area contributed by atoms with Gasteiger partial charge in [-0.1, -0.05) is 11.6 Å². The molecule has 3 aliphatic rings. The van der Waals surface area contributed by atoms with Crippen molar-refractivity contribution in [3.63, 3.8) is 0 Å². The van der Waals surface area contributed by atoms with Crippen LogP contribution in [0.4, 0.5) is 10.3 Å². The van der Waals surface area contributed by atoms with Crippen molar-refractivity contribution < 1.29 is 13.9 Å². The molecule has 3 aliphatic heterocycles. The summed E-state index contributed by atoms with van der Waals surface area (Å²) in [6, 6.07) is 4.13. The summed E-state index contributed by atoms with van der Waals surface area (Å²) in [5, 5.41) is 5.32. The van der Waals surface area contributed by atoms with Gasteiger partial charge in [-0.05, 0) is 31.4 Å². The third-order valence-electron chi connectivity index (χ3n) is 6.39. The van der Waals surface area contributed by atoms with Gasteiger partial charge in [0, 0.05) is 25.7 Å². The Balaban J connectivity index is 1.61. The first-order valence-corrected chi connectivity index (χ1v) is 10.3. The number of amides is 1. The van der Waals surface area contributed by atoms with Gasteiger partial charge in [-0.2, -0.15) is 10.1 Å². The van der Waals surface area contributed by atoms with Crippen LogP contribution in [0.5, 0.6) is 5.75 Å². The topological polar surface area (TPSA) is 76.4 Å². The Morgan fingerprint density at radius 1 is 1.20 bits per heavy atom. The Hall–Kier alpha value is -2.94. The van der Waals surface area contributed by atoms with Crippen LogP contribution < -0.4 is 9.64 Å². The highest BCUT2D eigenvalue weighted by Crippen LogP contribution is 2.41. The monoisotopic (exact) mass is 428 g/mol. The van der Waals surface area contributed by atoms with Gasteiger partial charge in [0.15, 0.2) is 12.3 Å². The lowest BCUT2D eigenvalue weighted by Crippen LogP contribution is -2.48. The van der Waals surface area contributed by atoms with Crippen LogP contribution in [0.25, 0.3) is 16.7 Å². The summed E-state index contributed by atoms with van der Waals surface area (Å²) >= 11 is 6.51. The number of carbonyl (C=O) groups excluding carboxylic acids is 1. The highest BCUT2D eigenvalue weighted by molar-refractivity contribution is 6.34. The summed E-state index contributed by atoms with van der Waals surface area (Å²) in [5.74, 6) is 0.170. The van der Waals surface area contributed by atoms with Crippen LogP contribution in [0.15, 0.2) is 24.4 Å². The average molecular weight is 429 g/mol. The largest absolute Gasteiger partial charge is 0.481 e. The molecule has 1 amide bonds. The Morgan fingerprint density at radius 3 is 3.00 bits per heavy atom. The predicted octanol–water partition coefficient (Wildman–Crippen LogP) is 2.57. The number of rotatable bonds is 0. The molecule has 8 nitrogen and oxygen atoms in total. The number of hydrogen-bond donors (Lipinski definition) is 0. The molecule has 1 spiro atoms. The van der Waals surface area contributed by atoms with E-state index in [9.17, 15) is 9.18 Å². The number of nitrogens with zero attached hydrogens (tertiary/aromatic N) is 6. The first-order valence-electron chi connectivity index (χ1n) is 9.94. The summed E-state index contributed by atoms with van der Waals surface area (Å²) in [7, 11) is 0. The van der Waals surface area contributed by atoms with E-state index in [2.05, 4.69) is 15.0 Å². The van der Waals surface area contributed by atoms with Crippen LogP contribution >= 0.6 is 11.6 Å². The molecular weight excluding hydrogens is 411 g/mol. The minimum atomic E-state index is -0.462. The molecule has 2 saturated heterocycles. The SMILES string of the molecule is O=C1COc2cc(F)ccc2-n2ncc3c(Cl)nc(nc32)N2CCCC23CCN1C3. The summed E-state index contributed by atoms with van der Waals surface area (Å²) in [6.45, 7) is 1.86. The molecule has 6 rings (SSSR count). The van der Waals surface area contributed by atoms with Crippen molar-refractivity contribution in [2.45, 2.75) is 24.8 Å². The number of anilines is 1. The Morgan fingerprint density at radius 2 is 2.10 bits per heavy atom. The molecule has 3 aromatic rings. The molecule has 1 aromatic carbocycles. The van der Waals surface area contributed by atoms with Crippen molar-refractivity contribution in [1.29, 1.82) is 0 Å². The van der Waals surface area contributed by atoms with Crippen molar-refractivity contribution in [2.24, 2.45) is 0 Å². The van der Waals surface area contributed by atoms with Crippen molar-refractivity contribution in [2.75, 3.05) is 31.1 Å². The highest BCUT2D eigenvalue weighted by Gasteiger charge is 2.48. The fourth-order valence-electron chi connectivity index (χ4n) is 4.91. The molecule has 2 aromatic heterocycles. The van der Waals surface area contributed by atoms with Crippen LogP contribution in [0, 0.1) is 5.82 Å². The van der Waals surface area contributed by atoms with Crippen molar-refractivity contribution in [3.05, 3.63) is 35.4 Å². The quantitative estimate of drug-likeness (QED) is 0.512. The lowest BCUT2D eigenvalue weighted by atomic mass is 9.95. The number of hydrogen-bond acceptors (Lipinski definition) is 6. The first-order chi connectivity index (χ1) is 14.5. The second-order valence-corrected chi connectivity index (χ2v) is 8.41. The van der Waals surface area contributed by atoms with E-state index < -0.39 is 5.82 Å². The molecule has 30 heavy (non-hydrogen) atoms. The van der Waals surface area contributed by atoms with Gasteiger partial charge in [-0.15, -0.1) is 0 Å². The molecule has 1 atom stereocenters. The van der Waals surface area contributed by atoms with E-state index in [1.165, 1.54) is 12.1 Å². The Kier molecular flexibility index (Phi) is 3.74. The third-order valence-corrected chi connectivity index (χ3v) is 6.68. The predicted molar refractivity (Wildman–Crippen MR) is 108 cm³/mol. The molecule has 4 bridgehead atoms. The third kappa shape index (κ3) is 2.51. The van der Waals surface area contributed by atoms with E-state index in [0.29, 0.717) is 40.9 Å². The van der Waals surface area contributed by atoms with Gasteiger partial charge in [-0.3, -0.25) is 4.79 Å².